The smallest absolute Gasteiger partial charge is 0.368 e. The molecular weight excluding hydrogens is 363 g/mol. The lowest BCUT2D eigenvalue weighted by molar-refractivity contribution is -0.137. The average Bonchev–Trinajstić information content (AvgIpc) is 2.72. The van der Waals surface area contributed by atoms with Crippen LogP contribution in [0.5, 0.6) is 0 Å². The fraction of sp³-hybridized carbons (Fsp3) is 0.263. The summed E-state index contributed by atoms with van der Waals surface area (Å²) >= 11 is 6.11. The van der Waals surface area contributed by atoms with Crippen LogP contribution in [0.2, 0.25) is 5.02 Å². The van der Waals surface area contributed by atoms with E-state index >= 15 is 0 Å². The van der Waals surface area contributed by atoms with Gasteiger partial charge < -0.3 is 4.90 Å². The van der Waals surface area contributed by atoms with E-state index in [1.165, 1.54) is 12.1 Å². The van der Waals surface area contributed by atoms with E-state index in [9.17, 15) is 13.2 Å². The maximum atomic E-state index is 13.5. The first-order chi connectivity index (χ1) is 12.3. The SMILES string of the molecule is CN1c2ccc(Cl)cc2C(c2ccccc2C(F)(F)F)=NCC1CC#N. The van der Waals surface area contributed by atoms with Crippen LogP contribution in [0.15, 0.2) is 47.5 Å². The highest BCUT2D eigenvalue weighted by Crippen LogP contribution is 2.36. The number of alkyl halides is 3. The van der Waals surface area contributed by atoms with Gasteiger partial charge in [-0.05, 0) is 24.3 Å². The summed E-state index contributed by atoms with van der Waals surface area (Å²) in [6, 6.07) is 12.3. The molecule has 0 aromatic heterocycles. The van der Waals surface area contributed by atoms with E-state index in [-0.39, 0.29) is 30.3 Å². The van der Waals surface area contributed by atoms with Crippen molar-refractivity contribution in [3.63, 3.8) is 0 Å². The summed E-state index contributed by atoms with van der Waals surface area (Å²) in [5, 5.41) is 9.47. The summed E-state index contributed by atoms with van der Waals surface area (Å²) < 4.78 is 40.5. The number of benzene rings is 2. The summed E-state index contributed by atoms with van der Waals surface area (Å²) in [4.78, 5) is 6.34. The third kappa shape index (κ3) is 3.40. The first kappa shape index (κ1) is 18.3. The molecule has 3 nitrogen and oxygen atoms in total. The van der Waals surface area contributed by atoms with Crippen LogP contribution in [0.4, 0.5) is 18.9 Å². The number of rotatable bonds is 2. The molecule has 0 fully saturated rings. The largest absolute Gasteiger partial charge is 0.417 e. The van der Waals surface area contributed by atoms with Gasteiger partial charge in [-0.2, -0.15) is 18.4 Å². The lowest BCUT2D eigenvalue weighted by Gasteiger charge is -2.27. The Hall–Kier alpha value is -2.52. The molecular formula is C19H15ClF3N3. The van der Waals surface area contributed by atoms with Crippen molar-refractivity contribution in [1.29, 1.82) is 5.26 Å². The quantitative estimate of drug-likeness (QED) is 0.744. The van der Waals surface area contributed by atoms with Crippen molar-refractivity contribution in [2.45, 2.75) is 18.6 Å². The highest BCUT2D eigenvalue weighted by molar-refractivity contribution is 6.31. The second kappa shape index (κ2) is 7.00. The number of benzodiazepines with no additional fused rings is 1. The van der Waals surface area contributed by atoms with Crippen molar-refractivity contribution in [2.24, 2.45) is 4.99 Å². The molecule has 2 aromatic carbocycles. The van der Waals surface area contributed by atoms with Crippen LogP contribution >= 0.6 is 11.6 Å². The Labute approximate surface area is 154 Å². The van der Waals surface area contributed by atoms with Crippen molar-refractivity contribution in [2.75, 3.05) is 18.5 Å². The maximum absolute atomic E-state index is 13.5. The Morgan fingerprint density at radius 1 is 1.23 bits per heavy atom. The van der Waals surface area contributed by atoms with Crippen LogP contribution < -0.4 is 4.90 Å². The molecule has 3 rings (SSSR count). The van der Waals surface area contributed by atoms with Gasteiger partial charge in [-0.1, -0.05) is 29.8 Å². The molecule has 0 spiro atoms. The van der Waals surface area contributed by atoms with E-state index in [1.54, 1.807) is 24.3 Å². The molecule has 1 heterocycles. The molecule has 1 unspecified atom stereocenters. The molecule has 0 aliphatic carbocycles. The van der Waals surface area contributed by atoms with Crippen LogP contribution in [0.25, 0.3) is 0 Å². The molecule has 2 aromatic rings. The van der Waals surface area contributed by atoms with E-state index in [1.807, 2.05) is 11.9 Å². The van der Waals surface area contributed by atoms with Crippen molar-refractivity contribution in [3.05, 3.63) is 64.2 Å². The third-order valence-corrected chi connectivity index (χ3v) is 4.65. The Bertz CT molecular complexity index is 900. The molecule has 0 amide bonds. The van der Waals surface area contributed by atoms with Crippen LogP contribution in [0.1, 0.15) is 23.1 Å². The Morgan fingerprint density at radius 2 is 1.96 bits per heavy atom. The van der Waals surface area contributed by atoms with Gasteiger partial charge in [-0.3, -0.25) is 4.99 Å². The minimum atomic E-state index is -4.50. The molecule has 0 radical (unpaired) electrons. The normalized spacial score (nSPS) is 17.2. The van der Waals surface area contributed by atoms with Crippen LogP contribution in [-0.2, 0) is 6.18 Å². The number of hydrogen-bond acceptors (Lipinski definition) is 3. The number of nitriles is 1. The van der Waals surface area contributed by atoms with E-state index in [0.29, 0.717) is 16.3 Å². The van der Waals surface area contributed by atoms with Crippen LogP contribution in [-0.4, -0.2) is 25.3 Å². The number of fused-ring (bicyclic) bond motifs is 1. The highest BCUT2D eigenvalue weighted by atomic mass is 35.5. The minimum absolute atomic E-state index is 0.00882. The monoisotopic (exact) mass is 377 g/mol. The van der Waals surface area contributed by atoms with Crippen molar-refractivity contribution >= 4 is 23.0 Å². The number of halogens is 4. The zero-order valence-corrected chi connectivity index (χ0v) is 14.6. The summed E-state index contributed by atoms with van der Waals surface area (Å²) in [6.07, 6.45) is -4.28. The van der Waals surface area contributed by atoms with Crippen molar-refractivity contribution in [1.82, 2.24) is 0 Å². The average molecular weight is 378 g/mol. The number of anilines is 1. The summed E-state index contributed by atoms with van der Waals surface area (Å²) in [5.74, 6) is 0. The van der Waals surface area contributed by atoms with E-state index in [4.69, 9.17) is 16.9 Å². The van der Waals surface area contributed by atoms with Gasteiger partial charge in [0.2, 0.25) is 0 Å². The van der Waals surface area contributed by atoms with Gasteiger partial charge in [0, 0.05) is 28.9 Å². The number of nitrogens with zero attached hydrogens (tertiary/aromatic N) is 3. The molecule has 0 bridgehead atoms. The van der Waals surface area contributed by atoms with Gasteiger partial charge in [-0.25, -0.2) is 0 Å². The van der Waals surface area contributed by atoms with Gasteiger partial charge in [0.1, 0.15) is 0 Å². The van der Waals surface area contributed by atoms with Gasteiger partial charge in [-0.15, -0.1) is 0 Å². The number of likely N-dealkylation sites (N-methyl/N-ethyl adjacent to an activating group) is 1. The molecule has 1 aliphatic heterocycles. The Balaban J connectivity index is 2.24. The molecule has 7 heteroatoms. The van der Waals surface area contributed by atoms with Gasteiger partial charge >= 0.3 is 6.18 Å². The standard InChI is InChI=1S/C19H15ClF3N3/c1-26-13(8-9-24)11-25-18(15-10-12(20)6-7-17(15)26)14-4-2-3-5-16(14)19(21,22)23/h2-7,10,13H,8,11H2,1H3. The topological polar surface area (TPSA) is 39.4 Å². The van der Waals surface area contributed by atoms with E-state index < -0.39 is 11.7 Å². The lowest BCUT2D eigenvalue weighted by Crippen LogP contribution is -2.33. The summed E-state index contributed by atoms with van der Waals surface area (Å²) in [5.41, 5.74) is 0.725. The zero-order chi connectivity index (χ0) is 18.9. The summed E-state index contributed by atoms with van der Waals surface area (Å²) in [7, 11) is 1.81. The Morgan fingerprint density at radius 3 is 2.65 bits per heavy atom. The molecule has 26 heavy (non-hydrogen) atoms. The molecule has 1 aliphatic rings. The predicted octanol–water partition coefficient (Wildman–Crippen LogP) is 4.93. The second-order valence-corrected chi connectivity index (χ2v) is 6.46. The fourth-order valence-corrected chi connectivity index (χ4v) is 3.25. The highest BCUT2D eigenvalue weighted by Gasteiger charge is 2.35. The molecule has 134 valence electrons. The molecule has 0 saturated heterocycles. The van der Waals surface area contributed by atoms with Crippen molar-refractivity contribution in [3.8, 4) is 6.07 Å². The minimum Gasteiger partial charge on any atom is -0.368 e. The first-order valence-corrected chi connectivity index (χ1v) is 8.31. The molecule has 0 N–H and O–H groups in total. The fourth-order valence-electron chi connectivity index (χ4n) is 3.08. The van der Waals surface area contributed by atoms with E-state index in [2.05, 4.69) is 11.1 Å². The maximum Gasteiger partial charge on any atom is 0.417 e. The Kier molecular flexibility index (Phi) is 4.92. The van der Waals surface area contributed by atoms with Crippen LogP contribution in [0, 0.1) is 11.3 Å². The molecule has 1 atom stereocenters. The lowest BCUT2D eigenvalue weighted by atomic mass is 9.95. The first-order valence-electron chi connectivity index (χ1n) is 7.93. The predicted molar refractivity (Wildman–Crippen MR) is 95.8 cm³/mol. The summed E-state index contributed by atoms with van der Waals surface area (Å²) in [6.45, 7) is 0.220. The van der Waals surface area contributed by atoms with E-state index in [0.717, 1.165) is 6.07 Å². The van der Waals surface area contributed by atoms with Crippen LogP contribution in [0.3, 0.4) is 0 Å². The number of aliphatic imine (C=N–C) groups is 1. The van der Waals surface area contributed by atoms with Gasteiger partial charge in [0.15, 0.2) is 0 Å². The number of hydrogen-bond donors (Lipinski definition) is 0. The van der Waals surface area contributed by atoms with Crippen molar-refractivity contribution < 1.29 is 13.2 Å². The third-order valence-electron chi connectivity index (χ3n) is 4.42. The molecule has 0 saturated carbocycles. The van der Waals surface area contributed by atoms with Gasteiger partial charge in [0.25, 0.3) is 0 Å². The second-order valence-electron chi connectivity index (χ2n) is 6.02. The van der Waals surface area contributed by atoms with Gasteiger partial charge in [0.05, 0.1) is 36.4 Å². The zero-order valence-electron chi connectivity index (χ0n) is 13.9.